The molecule has 1 aromatic carbocycles. The first-order chi connectivity index (χ1) is 13.0. The van der Waals surface area contributed by atoms with Crippen molar-refractivity contribution in [1.82, 2.24) is 14.7 Å². The molecular weight excluding hydrogens is 377 g/mol. The number of hydrogen-bond donors (Lipinski definition) is 2. The van der Waals surface area contributed by atoms with Gasteiger partial charge in [-0.3, -0.25) is 14.6 Å². The minimum absolute atomic E-state index is 0.00997. The molecule has 0 unspecified atom stereocenters. The Morgan fingerprint density at radius 1 is 1.29 bits per heavy atom. The van der Waals surface area contributed by atoms with Gasteiger partial charge in [-0.1, -0.05) is 0 Å². The van der Waals surface area contributed by atoms with Gasteiger partial charge < -0.3 is 15.0 Å². The van der Waals surface area contributed by atoms with Crippen LogP contribution in [0.2, 0.25) is 0 Å². The summed E-state index contributed by atoms with van der Waals surface area (Å²) >= 11 is 0. The van der Waals surface area contributed by atoms with Crippen molar-refractivity contribution >= 4 is 11.7 Å². The number of benzene rings is 1. The summed E-state index contributed by atoms with van der Waals surface area (Å²) in [5.41, 5.74) is 0.197. The monoisotopic (exact) mass is 398 g/mol. The molecule has 1 aromatic heterocycles. The summed E-state index contributed by atoms with van der Waals surface area (Å²) in [6.45, 7) is 3.88. The Morgan fingerprint density at radius 2 is 2.00 bits per heavy atom. The third-order valence-electron chi connectivity index (χ3n) is 4.41. The van der Waals surface area contributed by atoms with Gasteiger partial charge in [0.25, 0.3) is 5.56 Å². The summed E-state index contributed by atoms with van der Waals surface area (Å²) in [6, 6.07) is 2.58. The number of rotatable bonds is 3. The van der Waals surface area contributed by atoms with Gasteiger partial charge in [-0.15, -0.1) is 0 Å². The molecule has 0 aliphatic carbocycles. The van der Waals surface area contributed by atoms with Crippen LogP contribution in [0.15, 0.2) is 23.0 Å². The number of carbonyl (C=O) groups is 1. The molecule has 0 saturated carbocycles. The second kappa shape index (κ2) is 7.25. The van der Waals surface area contributed by atoms with Crippen LogP contribution in [0.25, 0.3) is 0 Å². The first-order valence-corrected chi connectivity index (χ1v) is 8.76. The number of nitrogens with zero attached hydrogens (tertiary/aromatic N) is 2. The Bertz CT molecular complexity index is 947. The molecule has 2 heterocycles. The average molecular weight is 398 g/mol. The van der Waals surface area contributed by atoms with Gasteiger partial charge in [0.1, 0.15) is 5.75 Å². The van der Waals surface area contributed by atoms with Crippen LogP contribution >= 0.6 is 0 Å². The Balaban J connectivity index is 1.81. The highest BCUT2D eigenvalue weighted by Crippen LogP contribution is 2.34. The van der Waals surface area contributed by atoms with E-state index in [0.717, 1.165) is 12.1 Å². The van der Waals surface area contributed by atoms with Crippen molar-refractivity contribution in [3.05, 3.63) is 45.4 Å². The maximum atomic E-state index is 13.2. The van der Waals surface area contributed by atoms with E-state index in [1.165, 1.54) is 11.0 Å². The van der Waals surface area contributed by atoms with Crippen LogP contribution in [0.4, 0.5) is 23.7 Å². The molecule has 10 heteroatoms. The lowest BCUT2D eigenvalue weighted by Gasteiger charge is -2.27. The molecule has 2 N–H and O–H groups in total. The van der Waals surface area contributed by atoms with E-state index < -0.39 is 17.8 Å². The van der Waals surface area contributed by atoms with Crippen molar-refractivity contribution in [1.29, 1.82) is 0 Å². The van der Waals surface area contributed by atoms with E-state index in [-0.39, 0.29) is 29.6 Å². The van der Waals surface area contributed by atoms with E-state index in [2.05, 4.69) is 10.4 Å². The minimum atomic E-state index is -4.57. The number of hydrogen-bond acceptors (Lipinski definition) is 3. The van der Waals surface area contributed by atoms with Gasteiger partial charge in [0.15, 0.2) is 0 Å². The molecule has 3 rings (SSSR count). The number of aromatic nitrogens is 2. The number of aromatic amines is 1. The fourth-order valence-electron chi connectivity index (χ4n) is 3.14. The molecule has 152 valence electrons. The predicted molar refractivity (Wildman–Crippen MR) is 96.4 cm³/mol. The van der Waals surface area contributed by atoms with Crippen LogP contribution < -0.4 is 15.6 Å². The Kier molecular flexibility index (Phi) is 5.14. The molecule has 0 fully saturated rings. The van der Waals surface area contributed by atoms with Gasteiger partial charge >= 0.3 is 12.2 Å². The molecule has 2 aromatic rings. The van der Waals surface area contributed by atoms with E-state index in [0.29, 0.717) is 24.2 Å². The fraction of sp³-hybridized carbons (Fsp3) is 0.444. The topological polar surface area (TPSA) is 79.4 Å². The molecule has 1 aliphatic rings. The highest BCUT2D eigenvalue weighted by Gasteiger charge is 2.32. The van der Waals surface area contributed by atoms with Crippen LogP contribution in [0.5, 0.6) is 5.75 Å². The van der Waals surface area contributed by atoms with Crippen molar-refractivity contribution in [2.45, 2.75) is 39.1 Å². The number of fused-ring (bicyclic) bond motifs is 1. The molecule has 0 atom stereocenters. The van der Waals surface area contributed by atoms with Gasteiger partial charge in [0.2, 0.25) is 0 Å². The number of halogens is 3. The third kappa shape index (κ3) is 4.15. The van der Waals surface area contributed by atoms with Crippen LogP contribution in [-0.2, 0) is 26.2 Å². The highest BCUT2D eigenvalue weighted by atomic mass is 19.4. The van der Waals surface area contributed by atoms with Gasteiger partial charge in [-0.05, 0) is 32.4 Å². The molecular formula is C18H21F3N4O3. The van der Waals surface area contributed by atoms with E-state index in [1.807, 2.05) is 0 Å². The normalized spacial score (nSPS) is 14.2. The smallest absolute Gasteiger partial charge is 0.416 e. The molecule has 0 saturated heterocycles. The summed E-state index contributed by atoms with van der Waals surface area (Å²) in [5.74, 6) is 0.0223. The Labute approximate surface area is 159 Å². The number of nitrogens with one attached hydrogen (secondary N) is 2. The number of aryl methyl sites for hydroxylation is 1. The number of ether oxygens (including phenoxy) is 1. The van der Waals surface area contributed by atoms with E-state index >= 15 is 0 Å². The van der Waals surface area contributed by atoms with Gasteiger partial charge in [0.05, 0.1) is 23.9 Å². The number of anilines is 1. The maximum absolute atomic E-state index is 13.2. The summed E-state index contributed by atoms with van der Waals surface area (Å²) in [7, 11) is 1.67. The number of amides is 2. The van der Waals surface area contributed by atoms with Crippen molar-refractivity contribution in [2.24, 2.45) is 7.05 Å². The number of alkyl halides is 3. The van der Waals surface area contributed by atoms with Crippen LogP contribution in [0.3, 0.4) is 0 Å². The lowest BCUT2D eigenvalue weighted by molar-refractivity contribution is -0.137. The van der Waals surface area contributed by atoms with E-state index in [9.17, 15) is 22.8 Å². The minimum Gasteiger partial charge on any atom is -0.491 e. The molecule has 2 amide bonds. The maximum Gasteiger partial charge on any atom is 0.416 e. The third-order valence-corrected chi connectivity index (χ3v) is 4.41. The summed E-state index contributed by atoms with van der Waals surface area (Å²) in [5, 5.41) is 5.14. The van der Waals surface area contributed by atoms with Crippen molar-refractivity contribution in [3.63, 3.8) is 0 Å². The van der Waals surface area contributed by atoms with E-state index in [4.69, 9.17) is 4.74 Å². The summed E-state index contributed by atoms with van der Waals surface area (Å²) in [4.78, 5) is 25.8. The molecule has 1 aliphatic heterocycles. The number of urea groups is 1. The first-order valence-electron chi connectivity index (χ1n) is 8.76. The highest BCUT2D eigenvalue weighted by molar-refractivity contribution is 5.89. The van der Waals surface area contributed by atoms with Crippen molar-refractivity contribution < 1.29 is 22.7 Å². The zero-order valence-corrected chi connectivity index (χ0v) is 15.7. The van der Waals surface area contributed by atoms with Crippen LogP contribution in [-0.4, -0.2) is 33.4 Å². The molecule has 0 radical (unpaired) electrons. The lowest BCUT2D eigenvalue weighted by Crippen LogP contribution is -2.40. The molecule has 7 nitrogen and oxygen atoms in total. The number of H-pyrrole nitrogens is 1. The Hall–Kier alpha value is -2.91. The quantitative estimate of drug-likeness (QED) is 0.834. The summed E-state index contributed by atoms with van der Waals surface area (Å²) in [6.07, 6.45) is -4.51. The summed E-state index contributed by atoms with van der Waals surface area (Å²) < 4.78 is 46.5. The Morgan fingerprint density at radius 3 is 2.64 bits per heavy atom. The van der Waals surface area contributed by atoms with E-state index in [1.54, 1.807) is 25.6 Å². The standard InChI is InChI=1S/C18H21F3N4O3/c1-10(2)28-13-7-11(18(19,20)21)6-12(8-13)22-17(27)25-5-4-14-15(9-25)24(3)23-16(14)26/h6-8,10H,4-5,9H2,1-3H3,(H,22,27)(H,23,26). The lowest BCUT2D eigenvalue weighted by atomic mass is 10.1. The SMILES string of the molecule is CC(C)Oc1cc(NC(=O)N2CCc3c(n(C)[nH]c3=O)C2)cc(C(F)(F)F)c1. The van der Waals surface area contributed by atoms with Gasteiger partial charge in [-0.25, -0.2) is 4.79 Å². The predicted octanol–water partition coefficient (Wildman–Crippen LogP) is 3.11. The molecule has 0 bridgehead atoms. The average Bonchev–Trinajstić information content (AvgIpc) is 2.87. The first kappa shape index (κ1) is 19.8. The number of carbonyl (C=O) groups excluding carboxylic acids is 1. The largest absolute Gasteiger partial charge is 0.491 e. The molecule has 0 spiro atoms. The van der Waals surface area contributed by atoms with Crippen LogP contribution in [0, 0.1) is 0 Å². The zero-order valence-electron chi connectivity index (χ0n) is 15.7. The van der Waals surface area contributed by atoms with Crippen molar-refractivity contribution in [3.8, 4) is 5.75 Å². The second-order valence-corrected chi connectivity index (χ2v) is 6.94. The van der Waals surface area contributed by atoms with Crippen LogP contribution in [0.1, 0.15) is 30.7 Å². The fourth-order valence-corrected chi connectivity index (χ4v) is 3.14. The second-order valence-electron chi connectivity index (χ2n) is 6.94. The van der Waals surface area contributed by atoms with Gasteiger partial charge in [0, 0.05) is 30.9 Å². The van der Waals surface area contributed by atoms with Gasteiger partial charge in [-0.2, -0.15) is 13.2 Å². The zero-order chi connectivity index (χ0) is 20.6. The molecule has 28 heavy (non-hydrogen) atoms. The van der Waals surface area contributed by atoms with Crippen molar-refractivity contribution in [2.75, 3.05) is 11.9 Å².